The van der Waals surface area contributed by atoms with Crippen molar-refractivity contribution in [2.24, 2.45) is 5.84 Å². The topological polar surface area (TPSA) is 68.8 Å². The molecule has 21 heavy (non-hydrogen) atoms. The zero-order chi connectivity index (χ0) is 15.4. The molecule has 0 amide bonds. The molecule has 3 N–H and O–H groups in total. The summed E-state index contributed by atoms with van der Waals surface area (Å²) < 4.78 is 3.09. The summed E-state index contributed by atoms with van der Waals surface area (Å²) in [6.45, 7) is 7.08. The van der Waals surface area contributed by atoms with Gasteiger partial charge in [0.1, 0.15) is 0 Å². The second-order valence-electron chi connectivity index (χ2n) is 5.01. The molecule has 0 aliphatic heterocycles. The smallest absolute Gasteiger partial charge is 0.0738 e. The van der Waals surface area contributed by atoms with Crippen molar-refractivity contribution in [3.8, 4) is 0 Å². The molecule has 0 aliphatic carbocycles. The van der Waals surface area contributed by atoms with Gasteiger partial charge in [0.2, 0.25) is 0 Å². The molecule has 1 atom stereocenters. The van der Waals surface area contributed by atoms with Crippen LogP contribution in [0.25, 0.3) is 0 Å². The average Bonchev–Trinajstić information content (AvgIpc) is 2.79. The van der Waals surface area contributed by atoms with Gasteiger partial charge < -0.3 is 0 Å². The third kappa shape index (κ3) is 3.33. The minimum atomic E-state index is 0.0423. The number of halogens is 1. The third-order valence-corrected chi connectivity index (χ3v) is 4.78. The van der Waals surface area contributed by atoms with E-state index >= 15 is 0 Å². The molecule has 0 aromatic carbocycles. The Bertz CT molecular complexity index is 608. The number of aryl methyl sites for hydroxylation is 3. The maximum Gasteiger partial charge on any atom is 0.0738 e. The van der Waals surface area contributed by atoms with E-state index in [-0.39, 0.29) is 6.04 Å². The number of nitrogens with two attached hydrogens (primary N) is 1. The van der Waals surface area contributed by atoms with Crippen LogP contribution in [-0.4, -0.2) is 14.8 Å². The van der Waals surface area contributed by atoms with Crippen LogP contribution in [0.3, 0.4) is 0 Å². The molecule has 5 nitrogen and oxygen atoms in total. The summed E-state index contributed by atoms with van der Waals surface area (Å²) in [5.41, 5.74) is 7.53. The SMILES string of the molecule is CCc1cnccc1C(Cc1c(Br)c(C)nn1CC)NN. The molecular weight excluding hydrogens is 330 g/mol. The summed E-state index contributed by atoms with van der Waals surface area (Å²) in [6, 6.07) is 2.08. The van der Waals surface area contributed by atoms with Gasteiger partial charge >= 0.3 is 0 Å². The average molecular weight is 352 g/mol. The first-order chi connectivity index (χ1) is 10.1. The van der Waals surface area contributed by atoms with Gasteiger partial charge in [-0.25, -0.2) is 0 Å². The van der Waals surface area contributed by atoms with Crippen LogP contribution in [0.15, 0.2) is 22.9 Å². The molecule has 2 rings (SSSR count). The van der Waals surface area contributed by atoms with Crippen LogP contribution in [0.1, 0.15) is 42.4 Å². The highest BCUT2D eigenvalue weighted by Gasteiger charge is 2.19. The molecule has 0 bridgehead atoms. The van der Waals surface area contributed by atoms with Crippen LogP contribution in [0.4, 0.5) is 0 Å². The molecule has 0 radical (unpaired) electrons. The molecule has 1 unspecified atom stereocenters. The van der Waals surface area contributed by atoms with Crippen molar-refractivity contribution >= 4 is 15.9 Å². The lowest BCUT2D eigenvalue weighted by molar-refractivity contribution is 0.512. The van der Waals surface area contributed by atoms with Crippen molar-refractivity contribution in [1.82, 2.24) is 20.2 Å². The lowest BCUT2D eigenvalue weighted by atomic mass is 9.97. The Morgan fingerprint density at radius 1 is 1.43 bits per heavy atom. The fourth-order valence-corrected chi connectivity index (χ4v) is 3.04. The quantitative estimate of drug-likeness (QED) is 0.620. The second kappa shape index (κ2) is 7.15. The van der Waals surface area contributed by atoms with Gasteiger partial charge in [0, 0.05) is 25.4 Å². The van der Waals surface area contributed by atoms with Crippen LogP contribution in [-0.2, 0) is 19.4 Å². The van der Waals surface area contributed by atoms with Crippen molar-refractivity contribution in [1.29, 1.82) is 0 Å². The van der Waals surface area contributed by atoms with E-state index < -0.39 is 0 Å². The molecule has 114 valence electrons. The first kappa shape index (κ1) is 16.1. The molecule has 2 heterocycles. The molecule has 0 spiro atoms. The van der Waals surface area contributed by atoms with Crippen molar-refractivity contribution < 1.29 is 0 Å². The second-order valence-corrected chi connectivity index (χ2v) is 5.81. The molecule has 6 heteroatoms. The van der Waals surface area contributed by atoms with Crippen LogP contribution >= 0.6 is 15.9 Å². The van der Waals surface area contributed by atoms with Gasteiger partial charge in [0.25, 0.3) is 0 Å². The van der Waals surface area contributed by atoms with E-state index in [9.17, 15) is 0 Å². The van der Waals surface area contributed by atoms with Gasteiger partial charge in [-0.1, -0.05) is 6.92 Å². The first-order valence-electron chi connectivity index (χ1n) is 7.23. The van der Waals surface area contributed by atoms with E-state index in [1.54, 1.807) is 0 Å². The highest BCUT2D eigenvalue weighted by Crippen LogP contribution is 2.27. The fourth-order valence-electron chi connectivity index (χ4n) is 2.59. The minimum Gasteiger partial charge on any atom is -0.271 e. The molecule has 0 saturated carbocycles. The summed E-state index contributed by atoms with van der Waals surface area (Å²) in [5, 5.41) is 4.54. The molecule has 0 aliphatic rings. The van der Waals surface area contributed by atoms with E-state index in [1.807, 2.05) is 30.1 Å². The number of nitrogens with one attached hydrogen (secondary N) is 1. The van der Waals surface area contributed by atoms with Crippen molar-refractivity contribution in [2.45, 2.75) is 46.2 Å². The summed E-state index contributed by atoms with van der Waals surface area (Å²) in [7, 11) is 0. The van der Waals surface area contributed by atoms with E-state index in [1.165, 1.54) is 11.1 Å². The Labute approximate surface area is 134 Å². The van der Waals surface area contributed by atoms with Gasteiger partial charge in [-0.15, -0.1) is 0 Å². The number of hydrogen-bond acceptors (Lipinski definition) is 4. The predicted octanol–water partition coefficient (Wildman–Crippen LogP) is 2.68. The normalized spacial score (nSPS) is 12.6. The molecule has 2 aromatic heterocycles. The third-order valence-electron chi connectivity index (χ3n) is 3.75. The van der Waals surface area contributed by atoms with E-state index in [2.05, 4.69) is 45.3 Å². The Hall–Kier alpha value is -1.24. The minimum absolute atomic E-state index is 0.0423. The largest absolute Gasteiger partial charge is 0.271 e. The van der Waals surface area contributed by atoms with Gasteiger partial charge in [-0.05, 0) is 53.4 Å². The molecule has 2 aromatic rings. The summed E-state index contributed by atoms with van der Waals surface area (Å²) in [6.07, 6.45) is 5.45. The summed E-state index contributed by atoms with van der Waals surface area (Å²) in [4.78, 5) is 4.20. The zero-order valence-electron chi connectivity index (χ0n) is 12.7. The lowest BCUT2D eigenvalue weighted by Crippen LogP contribution is -2.31. The molecule has 0 saturated heterocycles. The van der Waals surface area contributed by atoms with Crippen LogP contribution < -0.4 is 11.3 Å². The number of nitrogens with zero attached hydrogens (tertiary/aromatic N) is 3. The number of rotatable bonds is 6. The molecule has 0 fully saturated rings. The van der Waals surface area contributed by atoms with Crippen LogP contribution in [0, 0.1) is 6.92 Å². The predicted molar refractivity (Wildman–Crippen MR) is 87.7 cm³/mol. The Balaban J connectivity index is 2.36. The van der Waals surface area contributed by atoms with Crippen LogP contribution in [0.2, 0.25) is 0 Å². The van der Waals surface area contributed by atoms with Gasteiger partial charge in [-0.2, -0.15) is 5.10 Å². The Morgan fingerprint density at radius 2 is 2.19 bits per heavy atom. The number of hydrogen-bond donors (Lipinski definition) is 2. The van der Waals surface area contributed by atoms with Crippen molar-refractivity contribution in [3.63, 3.8) is 0 Å². The van der Waals surface area contributed by atoms with Crippen molar-refractivity contribution in [2.75, 3.05) is 0 Å². The lowest BCUT2D eigenvalue weighted by Gasteiger charge is -2.20. The first-order valence-corrected chi connectivity index (χ1v) is 8.02. The van der Waals surface area contributed by atoms with Gasteiger partial charge in [0.15, 0.2) is 0 Å². The fraction of sp³-hybridized carbons (Fsp3) is 0.467. The number of aromatic nitrogens is 3. The maximum absolute atomic E-state index is 5.81. The summed E-state index contributed by atoms with van der Waals surface area (Å²) in [5.74, 6) is 5.81. The van der Waals surface area contributed by atoms with Crippen LogP contribution in [0.5, 0.6) is 0 Å². The Morgan fingerprint density at radius 3 is 2.81 bits per heavy atom. The Kier molecular flexibility index (Phi) is 5.50. The maximum atomic E-state index is 5.81. The standard InChI is InChI=1S/C15H22BrN5/c1-4-11-9-18-7-6-12(11)13(19-17)8-14-15(16)10(3)20-21(14)5-2/h6-7,9,13,19H,4-5,8,17H2,1-3H3. The van der Waals surface area contributed by atoms with Crippen molar-refractivity contribution in [3.05, 3.63) is 45.4 Å². The van der Waals surface area contributed by atoms with E-state index in [0.717, 1.165) is 35.2 Å². The monoisotopic (exact) mass is 351 g/mol. The molecular formula is C15H22BrN5. The van der Waals surface area contributed by atoms with Gasteiger partial charge in [0.05, 0.1) is 21.9 Å². The highest BCUT2D eigenvalue weighted by atomic mass is 79.9. The number of hydrazine groups is 1. The highest BCUT2D eigenvalue weighted by molar-refractivity contribution is 9.10. The van der Waals surface area contributed by atoms with E-state index in [4.69, 9.17) is 5.84 Å². The zero-order valence-corrected chi connectivity index (χ0v) is 14.3. The number of pyridine rings is 1. The van der Waals surface area contributed by atoms with Gasteiger partial charge in [-0.3, -0.25) is 20.9 Å². The summed E-state index contributed by atoms with van der Waals surface area (Å²) >= 11 is 3.64. The van der Waals surface area contributed by atoms with E-state index in [0.29, 0.717) is 0 Å².